The number of ether oxygens (including phenoxy) is 2. The van der Waals surface area contributed by atoms with Crippen LogP contribution in [0.15, 0.2) is 40.9 Å². The Balaban J connectivity index is 2.16. The molecule has 0 aliphatic carbocycles. The molecule has 0 aromatic heterocycles. The predicted octanol–water partition coefficient (Wildman–Crippen LogP) is 4.25. The average molecular weight is 352 g/mol. The second-order valence-electron chi connectivity index (χ2n) is 4.46. The van der Waals surface area contributed by atoms with E-state index >= 15 is 0 Å². The Kier molecular flexibility index (Phi) is 4.80. The summed E-state index contributed by atoms with van der Waals surface area (Å²) in [4.78, 5) is 10.5. The van der Waals surface area contributed by atoms with E-state index < -0.39 is 4.92 Å². The van der Waals surface area contributed by atoms with E-state index in [1.165, 1.54) is 13.2 Å². The van der Waals surface area contributed by atoms with Crippen LogP contribution in [-0.2, 0) is 6.61 Å². The third-order valence-electron chi connectivity index (χ3n) is 2.97. The summed E-state index contributed by atoms with van der Waals surface area (Å²) in [6.07, 6.45) is 0. The number of hydrogen-bond acceptors (Lipinski definition) is 4. The van der Waals surface area contributed by atoms with Crippen LogP contribution in [0, 0.1) is 17.0 Å². The highest BCUT2D eigenvalue weighted by Crippen LogP contribution is 2.28. The molecule has 5 nitrogen and oxygen atoms in total. The van der Waals surface area contributed by atoms with Crippen molar-refractivity contribution < 1.29 is 14.4 Å². The molecule has 0 aliphatic heterocycles. The van der Waals surface area contributed by atoms with E-state index in [2.05, 4.69) is 15.9 Å². The number of methoxy groups -OCH3 is 1. The molecule has 21 heavy (non-hydrogen) atoms. The lowest BCUT2D eigenvalue weighted by molar-refractivity contribution is -0.385. The zero-order valence-corrected chi connectivity index (χ0v) is 13.2. The van der Waals surface area contributed by atoms with Crippen LogP contribution in [0.5, 0.6) is 11.5 Å². The Hall–Kier alpha value is -2.08. The summed E-state index contributed by atoms with van der Waals surface area (Å²) < 4.78 is 11.6. The normalized spacial score (nSPS) is 10.2. The largest absolute Gasteiger partial charge is 0.490 e. The molecule has 0 amide bonds. The maximum Gasteiger partial charge on any atom is 0.311 e. The van der Waals surface area contributed by atoms with Crippen LogP contribution in [0.4, 0.5) is 5.69 Å². The van der Waals surface area contributed by atoms with Crippen molar-refractivity contribution in [1.82, 2.24) is 0 Å². The summed E-state index contributed by atoms with van der Waals surface area (Å²) in [7, 11) is 1.41. The summed E-state index contributed by atoms with van der Waals surface area (Å²) in [5.74, 6) is 0.986. The van der Waals surface area contributed by atoms with Crippen molar-refractivity contribution in [3.8, 4) is 11.5 Å². The van der Waals surface area contributed by atoms with Crippen LogP contribution in [-0.4, -0.2) is 12.0 Å². The van der Waals surface area contributed by atoms with Crippen LogP contribution in [0.1, 0.15) is 11.1 Å². The van der Waals surface area contributed by atoms with E-state index in [4.69, 9.17) is 9.47 Å². The van der Waals surface area contributed by atoms with Gasteiger partial charge in [0.05, 0.1) is 12.0 Å². The second-order valence-corrected chi connectivity index (χ2v) is 5.38. The lowest BCUT2D eigenvalue weighted by Gasteiger charge is -2.10. The monoisotopic (exact) mass is 351 g/mol. The van der Waals surface area contributed by atoms with Crippen LogP contribution in [0.3, 0.4) is 0 Å². The highest BCUT2D eigenvalue weighted by Gasteiger charge is 2.15. The minimum Gasteiger partial charge on any atom is -0.490 e. The highest BCUT2D eigenvalue weighted by atomic mass is 79.9. The molecule has 0 fully saturated rings. The molecule has 6 heteroatoms. The quantitative estimate of drug-likeness (QED) is 0.596. The Labute approximate surface area is 130 Å². The van der Waals surface area contributed by atoms with Crippen molar-refractivity contribution in [2.24, 2.45) is 0 Å². The van der Waals surface area contributed by atoms with Crippen molar-refractivity contribution in [2.75, 3.05) is 7.11 Å². The van der Waals surface area contributed by atoms with Gasteiger partial charge < -0.3 is 9.47 Å². The maximum absolute atomic E-state index is 11.0. The smallest absolute Gasteiger partial charge is 0.311 e. The van der Waals surface area contributed by atoms with E-state index in [-0.39, 0.29) is 18.0 Å². The SMILES string of the molecule is COc1ccc(COc2ccc(Br)cc2C)cc1[N+](=O)[O-]. The number of nitro groups is 1. The zero-order chi connectivity index (χ0) is 15.4. The third-order valence-corrected chi connectivity index (χ3v) is 3.46. The van der Waals surface area contributed by atoms with Crippen LogP contribution in [0.2, 0.25) is 0 Å². The summed E-state index contributed by atoms with van der Waals surface area (Å²) in [5, 5.41) is 11.0. The molecule has 0 N–H and O–H groups in total. The Morgan fingerprint density at radius 1 is 1.19 bits per heavy atom. The van der Waals surface area contributed by atoms with Gasteiger partial charge in [0.15, 0.2) is 5.75 Å². The van der Waals surface area contributed by atoms with Gasteiger partial charge in [-0.25, -0.2) is 0 Å². The van der Waals surface area contributed by atoms with E-state index in [0.29, 0.717) is 5.56 Å². The van der Waals surface area contributed by atoms with Gasteiger partial charge in [-0.05, 0) is 42.3 Å². The van der Waals surface area contributed by atoms with Gasteiger partial charge in [-0.1, -0.05) is 22.0 Å². The fourth-order valence-electron chi connectivity index (χ4n) is 1.90. The van der Waals surface area contributed by atoms with Gasteiger partial charge in [0.2, 0.25) is 0 Å². The van der Waals surface area contributed by atoms with Gasteiger partial charge in [-0.15, -0.1) is 0 Å². The second kappa shape index (κ2) is 6.58. The van der Waals surface area contributed by atoms with Crippen LogP contribution in [0.25, 0.3) is 0 Å². The molecule has 0 heterocycles. The average Bonchev–Trinajstić information content (AvgIpc) is 2.46. The topological polar surface area (TPSA) is 61.6 Å². The molecule has 0 saturated heterocycles. The summed E-state index contributed by atoms with van der Waals surface area (Å²) in [5.41, 5.74) is 1.64. The van der Waals surface area contributed by atoms with E-state index in [1.54, 1.807) is 12.1 Å². The first-order chi connectivity index (χ1) is 10.0. The molecule has 0 unspecified atom stereocenters. The van der Waals surface area contributed by atoms with Gasteiger partial charge in [0.25, 0.3) is 0 Å². The number of nitrogens with zero attached hydrogens (tertiary/aromatic N) is 1. The van der Waals surface area contributed by atoms with Crippen molar-refractivity contribution in [2.45, 2.75) is 13.5 Å². The van der Waals surface area contributed by atoms with Gasteiger partial charge in [0.1, 0.15) is 12.4 Å². The Bertz CT molecular complexity index is 673. The van der Waals surface area contributed by atoms with E-state index in [0.717, 1.165) is 15.8 Å². The van der Waals surface area contributed by atoms with E-state index in [9.17, 15) is 10.1 Å². The van der Waals surface area contributed by atoms with Crippen molar-refractivity contribution >= 4 is 21.6 Å². The lowest BCUT2D eigenvalue weighted by Crippen LogP contribution is -2.00. The molecule has 0 radical (unpaired) electrons. The van der Waals surface area contributed by atoms with Gasteiger partial charge in [0, 0.05) is 10.5 Å². The molecule has 2 rings (SSSR count). The standard InChI is InChI=1S/C15H14BrNO4/c1-10-7-12(16)4-6-14(10)21-9-11-3-5-15(20-2)13(8-11)17(18)19/h3-8H,9H2,1-2H3. The highest BCUT2D eigenvalue weighted by molar-refractivity contribution is 9.10. The fourth-order valence-corrected chi connectivity index (χ4v) is 2.38. The van der Waals surface area contributed by atoms with Gasteiger partial charge >= 0.3 is 5.69 Å². The zero-order valence-electron chi connectivity index (χ0n) is 11.6. The Morgan fingerprint density at radius 3 is 2.52 bits per heavy atom. The maximum atomic E-state index is 11.0. The van der Waals surface area contributed by atoms with Gasteiger partial charge in [-0.2, -0.15) is 0 Å². The van der Waals surface area contributed by atoms with Crippen molar-refractivity contribution in [1.29, 1.82) is 0 Å². The number of rotatable bonds is 5. The van der Waals surface area contributed by atoms with E-state index in [1.807, 2.05) is 25.1 Å². The first-order valence-electron chi connectivity index (χ1n) is 6.21. The molecular formula is C15H14BrNO4. The molecule has 0 aliphatic rings. The summed E-state index contributed by atoms with van der Waals surface area (Å²) in [6, 6.07) is 10.5. The third kappa shape index (κ3) is 3.72. The van der Waals surface area contributed by atoms with Crippen LogP contribution < -0.4 is 9.47 Å². The molecule has 110 valence electrons. The molecule has 2 aromatic carbocycles. The molecule has 0 bridgehead atoms. The summed E-state index contributed by atoms with van der Waals surface area (Å²) >= 11 is 3.39. The van der Waals surface area contributed by atoms with Gasteiger partial charge in [-0.3, -0.25) is 10.1 Å². The molecule has 2 aromatic rings. The summed E-state index contributed by atoms with van der Waals surface area (Å²) in [6.45, 7) is 2.20. The minimum absolute atomic E-state index is 0.0638. The first-order valence-corrected chi connectivity index (χ1v) is 7.01. The number of halogens is 1. The number of nitro benzene ring substituents is 1. The Morgan fingerprint density at radius 2 is 1.90 bits per heavy atom. The number of benzene rings is 2. The molecular weight excluding hydrogens is 338 g/mol. The van der Waals surface area contributed by atoms with Crippen molar-refractivity contribution in [3.05, 3.63) is 62.1 Å². The molecule has 0 saturated carbocycles. The number of hydrogen-bond donors (Lipinski definition) is 0. The van der Waals surface area contributed by atoms with Crippen LogP contribution >= 0.6 is 15.9 Å². The lowest BCUT2D eigenvalue weighted by atomic mass is 10.2. The van der Waals surface area contributed by atoms with Crippen molar-refractivity contribution in [3.63, 3.8) is 0 Å². The number of aryl methyl sites for hydroxylation is 1. The fraction of sp³-hybridized carbons (Fsp3) is 0.200. The molecule has 0 spiro atoms. The predicted molar refractivity (Wildman–Crippen MR) is 82.9 cm³/mol. The minimum atomic E-state index is -0.465. The molecule has 0 atom stereocenters. The first kappa shape index (κ1) is 15.3.